The number of fused-ring (bicyclic) bond motifs is 1. The van der Waals surface area contributed by atoms with E-state index in [-0.39, 0.29) is 6.10 Å². The highest BCUT2D eigenvalue weighted by Crippen LogP contribution is 2.29. The van der Waals surface area contributed by atoms with Crippen LogP contribution in [0.1, 0.15) is 31.2 Å². The maximum atomic E-state index is 6.06. The van der Waals surface area contributed by atoms with Crippen LogP contribution < -0.4 is 10.5 Å². The minimum Gasteiger partial charge on any atom is -0.474 e. The average molecular weight is 292 g/mol. The molecule has 2 aromatic rings. The van der Waals surface area contributed by atoms with Crippen molar-refractivity contribution in [2.24, 2.45) is 5.73 Å². The molecule has 3 rings (SSSR count). The first-order valence-electron chi connectivity index (χ1n) is 6.97. The minimum atomic E-state index is 0.171. The van der Waals surface area contributed by atoms with Gasteiger partial charge in [0.1, 0.15) is 11.3 Å². The van der Waals surface area contributed by atoms with Crippen molar-refractivity contribution in [2.75, 3.05) is 0 Å². The molecular formula is C15H18ClN3O. The third-order valence-corrected chi connectivity index (χ3v) is 3.94. The van der Waals surface area contributed by atoms with Gasteiger partial charge < -0.3 is 10.5 Å². The van der Waals surface area contributed by atoms with E-state index < -0.39 is 0 Å². The summed E-state index contributed by atoms with van der Waals surface area (Å²) >= 11 is 6.05. The molecule has 1 saturated carbocycles. The van der Waals surface area contributed by atoms with E-state index in [1.807, 2.05) is 19.2 Å². The number of halogens is 1. The summed E-state index contributed by atoms with van der Waals surface area (Å²) < 4.78 is 6.06. The SMILES string of the molecule is Cc1cnc2cc(Cl)nc(OC3CCC(N)CC3)c2c1. The van der Waals surface area contributed by atoms with Gasteiger partial charge >= 0.3 is 0 Å². The number of aryl methyl sites for hydroxylation is 1. The molecule has 0 unspecified atom stereocenters. The molecule has 0 saturated heterocycles. The molecule has 0 atom stereocenters. The van der Waals surface area contributed by atoms with Crippen LogP contribution in [0.5, 0.6) is 5.88 Å². The molecule has 0 amide bonds. The lowest BCUT2D eigenvalue weighted by atomic mass is 9.94. The summed E-state index contributed by atoms with van der Waals surface area (Å²) in [4.78, 5) is 8.71. The van der Waals surface area contributed by atoms with Gasteiger partial charge in [0.2, 0.25) is 5.88 Å². The number of ether oxygens (including phenoxy) is 1. The summed E-state index contributed by atoms with van der Waals surface area (Å²) in [6.45, 7) is 2.00. The molecule has 2 N–H and O–H groups in total. The van der Waals surface area contributed by atoms with E-state index in [0.717, 1.165) is 42.1 Å². The van der Waals surface area contributed by atoms with Gasteiger partial charge in [-0.15, -0.1) is 0 Å². The van der Waals surface area contributed by atoms with E-state index in [2.05, 4.69) is 9.97 Å². The molecule has 1 fully saturated rings. The van der Waals surface area contributed by atoms with Crippen LogP contribution in [0.3, 0.4) is 0 Å². The van der Waals surface area contributed by atoms with Gasteiger partial charge in [0.25, 0.3) is 0 Å². The van der Waals surface area contributed by atoms with E-state index in [9.17, 15) is 0 Å². The number of hydrogen-bond acceptors (Lipinski definition) is 4. The lowest BCUT2D eigenvalue weighted by molar-refractivity contribution is 0.143. The molecule has 0 radical (unpaired) electrons. The fraction of sp³-hybridized carbons (Fsp3) is 0.467. The Kier molecular flexibility index (Phi) is 3.76. The average Bonchev–Trinajstić information content (AvgIpc) is 2.42. The van der Waals surface area contributed by atoms with Crippen LogP contribution in [0.4, 0.5) is 0 Å². The standard InChI is InChI=1S/C15H18ClN3O/c1-9-6-12-13(18-8-9)7-14(16)19-15(12)20-11-4-2-10(17)3-5-11/h6-8,10-11H,2-5,17H2,1H3. The van der Waals surface area contributed by atoms with Crippen LogP contribution in [0.25, 0.3) is 10.9 Å². The van der Waals surface area contributed by atoms with Gasteiger partial charge in [0.05, 0.1) is 10.9 Å². The molecule has 1 aliphatic carbocycles. The largest absolute Gasteiger partial charge is 0.474 e. The molecule has 2 heterocycles. The number of aromatic nitrogens is 2. The van der Waals surface area contributed by atoms with Crippen molar-refractivity contribution >= 4 is 22.5 Å². The molecule has 5 heteroatoms. The molecule has 0 bridgehead atoms. The van der Waals surface area contributed by atoms with E-state index in [1.165, 1.54) is 0 Å². The van der Waals surface area contributed by atoms with Crippen molar-refractivity contribution in [1.82, 2.24) is 9.97 Å². The fourth-order valence-corrected chi connectivity index (χ4v) is 2.80. The van der Waals surface area contributed by atoms with Crippen LogP contribution >= 0.6 is 11.6 Å². The Hall–Kier alpha value is -1.39. The first-order chi connectivity index (χ1) is 9.61. The van der Waals surface area contributed by atoms with E-state index in [4.69, 9.17) is 22.1 Å². The number of hydrogen-bond donors (Lipinski definition) is 1. The predicted molar refractivity (Wildman–Crippen MR) is 80.1 cm³/mol. The Morgan fingerprint density at radius 3 is 2.75 bits per heavy atom. The summed E-state index contributed by atoms with van der Waals surface area (Å²) in [5.41, 5.74) is 7.82. The maximum absolute atomic E-state index is 6.06. The quantitative estimate of drug-likeness (QED) is 0.863. The number of rotatable bonds is 2. The van der Waals surface area contributed by atoms with Crippen LogP contribution in [-0.2, 0) is 0 Å². The van der Waals surface area contributed by atoms with Crippen molar-refractivity contribution in [2.45, 2.75) is 44.8 Å². The van der Waals surface area contributed by atoms with Crippen molar-refractivity contribution in [3.05, 3.63) is 29.0 Å². The first kappa shape index (κ1) is 13.6. The van der Waals surface area contributed by atoms with Crippen molar-refractivity contribution in [3.8, 4) is 5.88 Å². The molecule has 0 aliphatic heterocycles. The number of nitrogens with two attached hydrogens (primary N) is 1. The Labute approximate surface area is 123 Å². The zero-order chi connectivity index (χ0) is 14.1. The van der Waals surface area contributed by atoms with Gasteiger partial charge in [-0.3, -0.25) is 4.98 Å². The Morgan fingerprint density at radius 1 is 1.25 bits per heavy atom. The summed E-state index contributed by atoms with van der Waals surface area (Å²) in [5, 5.41) is 1.33. The molecule has 2 aromatic heterocycles. The van der Waals surface area contributed by atoms with E-state index in [0.29, 0.717) is 17.1 Å². The van der Waals surface area contributed by atoms with Crippen molar-refractivity contribution in [3.63, 3.8) is 0 Å². The topological polar surface area (TPSA) is 61.0 Å². The third kappa shape index (κ3) is 2.86. The third-order valence-electron chi connectivity index (χ3n) is 3.75. The summed E-state index contributed by atoms with van der Waals surface area (Å²) in [6.07, 6.45) is 5.93. The first-order valence-corrected chi connectivity index (χ1v) is 7.35. The van der Waals surface area contributed by atoms with Gasteiger partial charge in [0, 0.05) is 18.3 Å². The monoisotopic (exact) mass is 291 g/mol. The molecular weight excluding hydrogens is 274 g/mol. The van der Waals surface area contributed by atoms with Gasteiger partial charge in [-0.2, -0.15) is 0 Å². The molecule has 1 aliphatic rings. The zero-order valence-corrected chi connectivity index (χ0v) is 12.2. The highest BCUT2D eigenvalue weighted by molar-refractivity contribution is 6.30. The lowest BCUT2D eigenvalue weighted by Gasteiger charge is -2.26. The van der Waals surface area contributed by atoms with Gasteiger partial charge in [-0.25, -0.2) is 4.98 Å². The van der Waals surface area contributed by atoms with Gasteiger partial charge in [-0.05, 0) is 44.2 Å². The molecule has 0 spiro atoms. The fourth-order valence-electron chi connectivity index (χ4n) is 2.62. The minimum absolute atomic E-state index is 0.171. The van der Waals surface area contributed by atoms with Crippen LogP contribution in [0, 0.1) is 6.92 Å². The van der Waals surface area contributed by atoms with Crippen LogP contribution in [0.15, 0.2) is 18.3 Å². The molecule has 0 aromatic carbocycles. The van der Waals surface area contributed by atoms with E-state index >= 15 is 0 Å². The number of nitrogens with zero attached hydrogens (tertiary/aromatic N) is 2. The Balaban J connectivity index is 1.92. The second kappa shape index (κ2) is 5.54. The predicted octanol–water partition coefficient (Wildman–Crippen LogP) is 3.24. The number of pyridine rings is 2. The van der Waals surface area contributed by atoms with Crippen LogP contribution in [0.2, 0.25) is 5.15 Å². The van der Waals surface area contributed by atoms with Crippen molar-refractivity contribution < 1.29 is 4.74 Å². The smallest absolute Gasteiger partial charge is 0.224 e. The summed E-state index contributed by atoms with van der Waals surface area (Å²) in [6, 6.07) is 4.11. The maximum Gasteiger partial charge on any atom is 0.224 e. The lowest BCUT2D eigenvalue weighted by Crippen LogP contribution is -2.31. The zero-order valence-electron chi connectivity index (χ0n) is 11.5. The normalized spacial score (nSPS) is 22.9. The highest BCUT2D eigenvalue weighted by Gasteiger charge is 2.21. The van der Waals surface area contributed by atoms with Crippen LogP contribution in [-0.4, -0.2) is 22.1 Å². The summed E-state index contributed by atoms with van der Waals surface area (Å²) in [5.74, 6) is 0.587. The summed E-state index contributed by atoms with van der Waals surface area (Å²) in [7, 11) is 0. The van der Waals surface area contributed by atoms with Crippen molar-refractivity contribution in [1.29, 1.82) is 0 Å². The Morgan fingerprint density at radius 2 is 2.00 bits per heavy atom. The van der Waals surface area contributed by atoms with Gasteiger partial charge in [-0.1, -0.05) is 11.6 Å². The van der Waals surface area contributed by atoms with E-state index in [1.54, 1.807) is 6.07 Å². The molecule has 106 valence electrons. The second-order valence-electron chi connectivity index (χ2n) is 5.48. The highest BCUT2D eigenvalue weighted by atomic mass is 35.5. The molecule has 4 nitrogen and oxygen atoms in total. The molecule has 20 heavy (non-hydrogen) atoms. The second-order valence-corrected chi connectivity index (χ2v) is 5.87. The van der Waals surface area contributed by atoms with Gasteiger partial charge in [0.15, 0.2) is 0 Å². The Bertz CT molecular complexity index is 624.